The quantitative estimate of drug-likeness (QED) is 0.619. The smallest absolute Gasteiger partial charge is 0.165 e. The number of piperidine rings is 1. The summed E-state index contributed by atoms with van der Waals surface area (Å²) >= 11 is 0. The first-order valence-corrected chi connectivity index (χ1v) is 7.76. The fourth-order valence-corrected chi connectivity index (χ4v) is 5.35. The number of aromatic hydroxyl groups is 1. The van der Waals surface area contributed by atoms with Crippen LogP contribution in [0.1, 0.15) is 30.5 Å². The monoisotopic (exact) mass is 301 g/mol. The van der Waals surface area contributed by atoms with Crippen LogP contribution in [0.25, 0.3) is 0 Å². The molecule has 5 nitrogen and oxygen atoms in total. The van der Waals surface area contributed by atoms with Crippen LogP contribution in [0, 0.1) is 0 Å². The molecule has 1 aromatic carbocycles. The Morgan fingerprint density at radius 3 is 2.91 bits per heavy atom. The number of ether oxygens (including phenoxy) is 1. The van der Waals surface area contributed by atoms with Gasteiger partial charge >= 0.3 is 0 Å². The molecule has 5 heteroatoms. The second-order valence-electron chi connectivity index (χ2n) is 7.12. The molecule has 2 heterocycles. The summed E-state index contributed by atoms with van der Waals surface area (Å²) in [6.07, 6.45) is 2.73. The minimum atomic E-state index is -1.12. The van der Waals surface area contributed by atoms with Crippen LogP contribution in [0.3, 0.4) is 0 Å². The molecule has 5 rings (SSSR count). The number of aliphatic hydroxyl groups is 2. The number of aliphatic hydroxyl groups excluding tert-OH is 1. The number of phenolic OH excluding ortho intramolecular Hbond substituents is 1. The zero-order valence-electron chi connectivity index (χ0n) is 12.5. The van der Waals surface area contributed by atoms with E-state index in [-0.39, 0.29) is 17.8 Å². The molecule has 1 aromatic rings. The normalized spacial score (nSPS) is 47.5. The van der Waals surface area contributed by atoms with Crippen molar-refractivity contribution >= 4 is 0 Å². The average Bonchev–Trinajstić information content (AvgIpc) is 3.00. The van der Waals surface area contributed by atoms with Crippen LogP contribution >= 0.6 is 0 Å². The first-order valence-electron chi connectivity index (χ1n) is 7.76. The Balaban J connectivity index is 1.91. The van der Waals surface area contributed by atoms with E-state index in [0.29, 0.717) is 12.2 Å². The van der Waals surface area contributed by atoms with E-state index < -0.39 is 23.2 Å². The Bertz CT molecular complexity index is 732. The molecule has 1 saturated heterocycles. The van der Waals surface area contributed by atoms with Crippen LogP contribution in [-0.4, -0.2) is 51.1 Å². The van der Waals surface area contributed by atoms with E-state index in [1.54, 1.807) is 18.2 Å². The van der Waals surface area contributed by atoms with Gasteiger partial charge in [-0.15, -0.1) is 0 Å². The Kier molecular flexibility index (Phi) is 2.06. The minimum Gasteiger partial charge on any atom is -0.504 e. The van der Waals surface area contributed by atoms with E-state index in [4.69, 9.17) is 4.74 Å². The van der Waals surface area contributed by atoms with Crippen LogP contribution < -0.4 is 4.74 Å². The molecule has 0 aromatic heterocycles. The second-order valence-corrected chi connectivity index (χ2v) is 7.12. The summed E-state index contributed by atoms with van der Waals surface area (Å²) in [5.41, 5.74) is 0.195. The number of rotatable bonds is 0. The van der Waals surface area contributed by atoms with Gasteiger partial charge in [0, 0.05) is 17.6 Å². The van der Waals surface area contributed by atoms with Crippen molar-refractivity contribution in [2.45, 2.75) is 48.7 Å². The fourth-order valence-electron chi connectivity index (χ4n) is 5.35. The van der Waals surface area contributed by atoms with E-state index >= 15 is 0 Å². The van der Waals surface area contributed by atoms with E-state index in [1.807, 2.05) is 20.0 Å². The third-order valence-electron chi connectivity index (χ3n) is 6.53. The Labute approximate surface area is 128 Å². The highest BCUT2D eigenvalue weighted by molar-refractivity contribution is 5.65. The number of phenols is 1. The van der Waals surface area contributed by atoms with Gasteiger partial charge < -0.3 is 20.1 Å². The third kappa shape index (κ3) is 1.04. The lowest BCUT2D eigenvalue weighted by Gasteiger charge is -2.56. The lowest BCUT2D eigenvalue weighted by molar-refractivity contribution is -0.148. The summed E-state index contributed by atoms with van der Waals surface area (Å²) in [6, 6.07) is 3.65. The van der Waals surface area contributed by atoms with Gasteiger partial charge in [0.2, 0.25) is 0 Å². The van der Waals surface area contributed by atoms with Crippen molar-refractivity contribution in [3.05, 3.63) is 35.4 Å². The largest absolute Gasteiger partial charge is 0.504 e. The molecule has 0 amide bonds. The summed E-state index contributed by atoms with van der Waals surface area (Å²) < 4.78 is 5.96. The number of benzene rings is 1. The first kappa shape index (κ1) is 12.9. The summed E-state index contributed by atoms with van der Waals surface area (Å²) in [7, 11) is 2.02. The lowest BCUT2D eigenvalue weighted by Crippen LogP contribution is -2.70. The number of likely N-dealkylation sites (N-methyl/N-ethyl adjacent to an activating group) is 1. The van der Waals surface area contributed by atoms with Crippen LogP contribution in [0.15, 0.2) is 24.3 Å². The number of hydrogen-bond acceptors (Lipinski definition) is 5. The lowest BCUT2D eigenvalue weighted by atomic mass is 9.57. The fraction of sp³-hybridized carbons (Fsp3) is 0.529. The summed E-state index contributed by atoms with van der Waals surface area (Å²) in [5.74, 6) is 0.522. The van der Waals surface area contributed by atoms with Gasteiger partial charge in [-0.25, -0.2) is 0 Å². The molecule has 6 unspecified atom stereocenters. The molecular weight excluding hydrogens is 282 g/mol. The molecule has 0 saturated carbocycles. The standard InChI is InChI=1S/C17H19NO4/c1-8-17(21)6-5-12(20)15-16(17)7-10(18(8)2)9-3-4-11(19)14(22-15)13(9)16/h3-6,8,10,12,15,19-21H,7H2,1-2H3. The van der Waals surface area contributed by atoms with Crippen molar-refractivity contribution in [3.8, 4) is 11.5 Å². The minimum absolute atomic E-state index is 0.0833. The Morgan fingerprint density at radius 1 is 1.36 bits per heavy atom. The molecule has 6 atom stereocenters. The number of nitrogens with zero attached hydrogens (tertiary/aromatic N) is 1. The average molecular weight is 301 g/mol. The molecule has 4 aliphatic rings. The molecular formula is C17H19NO4. The van der Waals surface area contributed by atoms with Gasteiger partial charge in [0.15, 0.2) is 11.5 Å². The van der Waals surface area contributed by atoms with E-state index in [9.17, 15) is 15.3 Å². The molecule has 2 aliphatic carbocycles. The van der Waals surface area contributed by atoms with E-state index in [0.717, 1.165) is 11.1 Å². The molecule has 1 spiro atoms. The zero-order valence-corrected chi connectivity index (χ0v) is 12.5. The van der Waals surface area contributed by atoms with Crippen LogP contribution in [0.4, 0.5) is 0 Å². The maximum Gasteiger partial charge on any atom is 0.165 e. The van der Waals surface area contributed by atoms with Gasteiger partial charge in [-0.3, -0.25) is 4.90 Å². The van der Waals surface area contributed by atoms with Crippen LogP contribution in [-0.2, 0) is 5.41 Å². The molecule has 2 aliphatic heterocycles. The summed E-state index contributed by atoms with van der Waals surface area (Å²) in [4.78, 5) is 2.19. The molecule has 1 fully saturated rings. The van der Waals surface area contributed by atoms with Gasteiger partial charge in [-0.05, 0) is 32.0 Å². The molecule has 3 N–H and O–H groups in total. The third-order valence-corrected chi connectivity index (χ3v) is 6.53. The second kappa shape index (κ2) is 3.50. The van der Waals surface area contributed by atoms with Crippen LogP contribution in [0.2, 0.25) is 0 Å². The Hall–Kier alpha value is -1.56. The number of fused-ring (bicyclic) bond motifs is 2. The molecule has 2 bridgehead atoms. The number of hydrogen-bond donors (Lipinski definition) is 3. The molecule has 22 heavy (non-hydrogen) atoms. The van der Waals surface area contributed by atoms with E-state index in [2.05, 4.69) is 4.90 Å². The predicted molar refractivity (Wildman–Crippen MR) is 78.9 cm³/mol. The van der Waals surface area contributed by atoms with Gasteiger partial charge in [-0.1, -0.05) is 18.2 Å². The van der Waals surface area contributed by atoms with Gasteiger partial charge in [0.1, 0.15) is 17.8 Å². The highest BCUT2D eigenvalue weighted by Crippen LogP contribution is 2.68. The summed E-state index contributed by atoms with van der Waals surface area (Å²) in [5, 5.41) is 32.2. The van der Waals surface area contributed by atoms with Crippen molar-refractivity contribution in [2.75, 3.05) is 7.05 Å². The zero-order chi connectivity index (χ0) is 15.4. The van der Waals surface area contributed by atoms with Crippen molar-refractivity contribution < 1.29 is 20.1 Å². The van der Waals surface area contributed by atoms with Crippen LogP contribution in [0.5, 0.6) is 11.5 Å². The van der Waals surface area contributed by atoms with E-state index in [1.165, 1.54) is 0 Å². The van der Waals surface area contributed by atoms with Crippen molar-refractivity contribution in [3.63, 3.8) is 0 Å². The summed E-state index contributed by atoms with van der Waals surface area (Å²) in [6.45, 7) is 2.01. The van der Waals surface area contributed by atoms with Crippen molar-refractivity contribution in [1.29, 1.82) is 0 Å². The first-order chi connectivity index (χ1) is 10.4. The topological polar surface area (TPSA) is 73.2 Å². The maximum atomic E-state index is 11.6. The van der Waals surface area contributed by atoms with Crippen molar-refractivity contribution in [1.82, 2.24) is 4.90 Å². The van der Waals surface area contributed by atoms with Crippen molar-refractivity contribution in [2.24, 2.45) is 0 Å². The molecule has 0 radical (unpaired) electrons. The predicted octanol–water partition coefficient (Wildman–Crippen LogP) is 0.831. The maximum absolute atomic E-state index is 11.6. The molecule has 116 valence electrons. The highest BCUT2D eigenvalue weighted by atomic mass is 16.5. The SMILES string of the molecule is CC1N(C)C2CC34c5c2ccc(O)c5OC3C(O)C=CC14O. The van der Waals surface area contributed by atoms with Gasteiger partial charge in [0.25, 0.3) is 0 Å². The van der Waals surface area contributed by atoms with Gasteiger partial charge in [0.05, 0.1) is 5.41 Å². The Morgan fingerprint density at radius 2 is 2.14 bits per heavy atom. The highest BCUT2D eigenvalue weighted by Gasteiger charge is 2.73. The number of likely N-dealkylation sites (tertiary alicyclic amines) is 1. The van der Waals surface area contributed by atoms with Gasteiger partial charge in [-0.2, -0.15) is 0 Å².